The number of rotatable bonds is 5. The Labute approximate surface area is 140 Å². The molecule has 0 radical (unpaired) electrons. The van der Waals surface area contributed by atoms with Crippen molar-refractivity contribution in [2.24, 2.45) is 0 Å². The Morgan fingerprint density at radius 3 is 1.61 bits per heavy atom. The van der Waals surface area contributed by atoms with Crippen LogP contribution in [0.25, 0.3) is 0 Å². The Kier molecular flexibility index (Phi) is 5.04. The van der Waals surface area contributed by atoms with Crippen LogP contribution in [0.2, 0.25) is 0 Å². The summed E-state index contributed by atoms with van der Waals surface area (Å²) in [6.07, 6.45) is 0. The Hall–Kier alpha value is -2.19. The maximum absolute atomic E-state index is 13.3. The molecule has 0 aromatic heterocycles. The minimum Gasteiger partial charge on any atom is -0.254 e. The van der Waals surface area contributed by atoms with E-state index in [1.54, 1.807) is 0 Å². The van der Waals surface area contributed by atoms with E-state index in [4.69, 9.17) is 0 Å². The molecule has 0 heterocycles. The molecule has 0 saturated carbocycles. The lowest BCUT2D eigenvalue weighted by Crippen LogP contribution is -2.14. The zero-order valence-corrected chi connectivity index (χ0v) is 13.9. The van der Waals surface area contributed by atoms with Gasteiger partial charge in [0.1, 0.15) is 0 Å². The van der Waals surface area contributed by atoms with Crippen molar-refractivity contribution < 1.29 is 4.21 Å². The molecule has 0 bridgehead atoms. The van der Waals surface area contributed by atoms with Crippen molar-refractivity contribution in [2.75, 3.05) is 0 Å². The Morgan fingerprint density at radius 1 is 0.652 bits per heavy atom. The summed E-state index contributed by atoms with van der Waals surface area (Å²) in [5, 5.41) is -0.0685. The van der Waals surface area contributed by atoms with Crippen LogP contribution in [0.3, 0.4) is 0 Å². The zero-order valence-electron chi connectivity index (χ0n) is 13.1. The third kappa shape index (κ3) is 3.59. The molecular formula is C21H20OS. The summed E-state index contributed by atoms with van der Waals surface area (Å²) in [4.78, 5) is 0.879. The molecule has 0 aliphatic heterocycles. The van der Waals surface area contributed by atoms with Gasteiger partial charge in [0.15, 0.2) is 0 Å². The molecule has 0 spiro atoms. The summed E-state index contributed by atoms with van der Waals surface area (Å²) in [6.45, 7) is 2.16. The highest BCUT2D eigenvalue weighted by Gasteiger charge is 2.27. The van der Waals surface area contributed by atoms with Crippen molar-refractivity contribution in [3.05, 3.63) is 102 Å². The zero-order chi connectivity index (χ0) is 16.1. The van der Waals surface area contributed by atoms with Crippen LogP contribution in [-0.2, 0) is 10.8 Å². The monoisotopic (exact) mass is 320 g/mol. The summed E-state index contributed by atoms with van der Waals surface area (Å²) < 4.78 is 13.3. The van der Waals surface area contributed by atoms with Crippen LogP contribution in [0.15, 0.2) is 95.9 Å². The van der Waals surface area contributed by atoms with Crippen LogP contribution in [0.1, 0.15) is 29.2 Å². The van der Waals surface area contributed by atoms with E-state index in [9.17, 15) is 4.21 Å². The molecule has 1 nitrogen and oxygen atoms in total. The molecule has 3 aromatic rings. The van der Waals surface area contributed by atoms with Gasteiger partial charge in [0.05, 0.1) is 16.0 Å². The van der Waals surface area contributed by atoms with E-state index in [1.165, 1.54) is 5.56 Å². The quantitative estimate of drug-likeness (QED) is 0.620. The molecule has 23 heavy (non-hydrogen) atoms. The molecule has 116 valence electrons. The van der Waals surface area contributed by atoms with E-state index in [2.05, 4.69) is 31.2 Å². The average molecular weight is 320 g/mol. The first kappa shape index (κ1) is 15.7. The summed E-state index contributed by atoms with van der Waals surface area (Å²) in [5.74, 6) is 0.166. The molecule has 0 N–H and O–H groups in total. The first-order valence-electron chi connectivity index (χ1n) is 7.83. The molecular weight excluding hydrogens is 300 g/mol. The first-order valence-corrected chi connectivity index (χ1v) is 9.04. The van der Waals surface area contributed by atoms with Crippen LogP contribution in [0.5, 0.6) is 0 Å². The van der Waals surface area contributed by atoms with Gasteiger partial charge < -0.3 is 0 Å². The molecule has 3 aromatic carbocycles. The van der Waals surface area contributed by atoms with Crippen molar-refractivity contribution in [3.63, 3.8) is 0 Å². The van der Waals surface area contributed by atoms with E-state index in [0.717, 1.165) is 10.5 Å². The molecule has 0 unspecified atom stereocenters. The fourth-order valence-corrected chi connectivity index (χ4v) is 4.52. The lowest BCUT2D eigenvalue weighted by Gasteiger charge is -2.24. The average Bonchev–Trinajstić information content (AvgIpc) is 2.64. The second kappa shape index (κ2) is 7.38. The maximum atomic E-state index is 13.3. The van der Waals surface area contributed by atoms with Crippen molar-refractivity contribution in [1.82, 2.24) is 0 Å². The van der Waals surface area contributed by atoms with Crippen LogP contribution in [-0.4, -0.2) is 4.21 Å². The van der Waals surface area contributed by atoms with E-state index < -0.39 is 10.8 Å². The fourth-order valence-electron chi connectivity index (χ4n) is 2.87. The maximum Gasteiger partial charge on any atom is 0.0709 e. The van der Waals surface area contributed by atoms with E-state index in [1.807, 2.05) is 66.7 Å². The van der Waals surface area contributed by atoms with Crippen LogP contribution in [0.4, 0.5) is 0 Å². The number of hydrogen-bond donors (Lipinski definition) is 0. The predicted octanol–water partition coefficient (Wildman–Crippen LogP) is 5.34. The second-order valence-electron chi connectivity index (χ2n) is 5.64. The Morgan fingerprint density at radius 2 is 1.09 bits per heavy atom. The third-order valence-corrected chi connectivity index (χ3v) is 5.99. The minimum atomic E-state index is -1.10. The largest absolute Gasteiger partial charge is 0.254 e. The van der Waals surface area contributed by atoms with Gasteiger partial charge in [-0.15, -0.1) is 0 Å². The van der Waals surface area contributed by atoms with Crippen molar-refractivity contribution in [3.8, 4) is 0 Å². The number of hydrogen-bond acceptors (Lipinski definition) is 1. The second-order valence-corrected chi connectivity index (χ2v) is 7.22. The Balaban J connectivity index is 2.03. The lowest BCUT2D eigenvalue weighted by atomic mass is 9.93. The van der Waals surface area contributed by atoms with Crippen LogP contribution < -0.4 is 0 Å². The molecule has 3 atom stereocenters. The summed E-state index contributed by atoms with van der Waals surface area (Å²) >= 11 is 0. The summed E-state index contributed by atoms with van der Waals surface area (Å²) in [6, 6.07) is 30.3. The molecule has 0 aliphatic rings. The fraction of sp³-hybridized carbons (Fsp3) is 0.143. The number of benzene rings is 3. The van der Waals surface area contributed by atoms with E-state index >= 15 is 0 Å². The minimum absolute atomic E-state index is 0.0685. The summed E-state index contributed by atoms with van der Waals surface area (Å²) in [5.41, 5.74) is 2.33. The highest BCUT2D eigenvalue weighted by Crippen LogP contribution is 2.37. The van der Waals surface area contributed by atoms with Gasteiger partial charge >= 0.3 is 0 Å². The van der Waals surface area contributed by atoms with Gasteiger partial charge in [-0.1, -0.05) is 85.8 Å². The van der Waals surface area contributed by atoms with E-state index in [0.29, 0.717) is 0 Å². The normalized spacial score (nSPS) is 14.8. The molecule has 0 aliphatic carbocycles. The predicted molar refractivity (Wildman–Crippen MR) is 96.9 cm³/mol. The molecule has 2 heteroatoms. The van der Waals surface area contributed by atoms with Gasteiger partial charge in [-0.2, -0.15) is 0 Å². The van der Waals surface area contributed by atoms with Gasteiger partial charge in [0, 0.05) is 4.90 Å². The van der Waals surface area contributed by atoms with Gasteiger partial charge in [-0.3, -0.25) is 4.21 Å². The van der Waals surface area contributed by atoms with Crippen molar-refractivity contribution >= 4 is 10.8 Å². The van der Waals surface area contributed by atoms with Gasteiger partial charge in [-0.25, -0.2) is 0 Å². The molecule has 3 rings (SSSR count). The third-order valence-electron chi connectivity index (χ3n) is 4.11. The Bertz CT molecular complexity index is 754. The lowest BCUT2D eigenvalue weighted by molar-refractivity contribution is 0.649. The standard InChI is InChI=1S/C21H20OS/c1-17(18-11-5-2-6-12-18)21(19-13-7-3-8-14-19)23(22)20-15-9-4-10-16-20/h2-17,21H,1H3/t17-,21+,23+/m1/s1. The van der Waals surface area contributed by atoms with Gasteiger partial charge in [0.2, 0.25) is 0 Å². The molecule has 0 fully saturated rings. The molecule has 0 amide bonds. The smallest absolute Gasteiger partial charge is 0.0709 e. The van der Waals surface area contributed by atoms with E-state index in [-0.39, 0.29) is 11.2 Å². The summed E-state index contributed by atoms with van der Waals surface area (Å²) in [7, 11) is -1.10. The van der Waals surface area contributed by atoms with Crippen LogP contribution >= 0.6 is 0 Å². The van der Waals surface area contributed by atoms with Gasteiger partial charge in [0.25, 0.3) is 0 Å². The highest BCUT2D eigenvalue weighted by molar-refractivity contribution is 7.85. The highest BCUT2D eigenvalue weighted by atomic mass is 32.2. The van der Waals surface area contributed by atoms with Crippen molar-refractivity contribution in [2.45, 2.75) is 23.0 Å². The first-order chi connectivity index (χ1) is 11.3. The topological polar surface area (TPSA) is 17.1 Å². The van der Waals surface area contributed by atoms with Gasteiger partial charge in [-0.05, 0) is 29.2 Å². The van der Waals surface area contributed by atoms with Crippen LogP contribution in [0, 0.1) is 0 Å². The van der Waals surface area contributed by atoms with Crippen molar-refractivity contribution in [1.29, 1.82) is 0 Å². The molecule has 0 saturated heterocycles. The SMILES string of the molecule is C[C@H](c1ccccc1)[C@@H](c1ccccc1)[S@@](=O)c1ccccc1.